The molecule has 1 unspecified atom stereocenters. The molecule has 164 valence electrons. The molecule has 29 heavy (non-hydrogen) atoms. The maximum atomic E-state index is 12.5. The van der Waals surface area contributed by atoms with E-state index in [4.69, 9.17) is 9.47 Å². The van der Waals surface area contributed by atoms with Gasteiger partial charge in [-0.1, -0.05) is 18.2 Å². The number of nitrogens with one attached hydrogen (secondary N) is 1. The zero-order chi connectivity index (χ0) is 21.3. The molecular formula is C20H34N4O4S. The second-order valence-corrected chi connectivity index (χ2v) is 9.38. The normalized spacial score (nSPS) is 17.4. The number of ether oxygens (including phenoxy) is 2. The molecule has 0 spiro atoms. The zero-order valence-electron chi connectivity index (χ0n) is 17.9. The molecule has 1 N–H and O–H groups in total. The van der Waals surface area contributed by atoms with E-state index in [9.17, 15) is 8.42 Å². The predicted octanol–water partition coefficient (Wildman–Crippen LogP) is 1.40. The molecule has 1 atom stereocenters. The van der Waals surface area contributed by atoms with E-state index < -0.39 is 10.0 Å². The average Bonchev–Trinajstić information content (AvgIpc) is 2.69. The largest absolute Gasteiger partial charge is 0.489 e. The first-order chi connectivity index (χ1) is 13.8. The highest BCUT2D eigenvalue weighted by Gasteiger charge is 2.28. The van der Waals surface area contributed by atoms with Crippen molar-refractivity contribution in [2.24, 2.45) is 4.99 Å². The number of guanidine groups is 1. The average molecular weight is 427 g/mol. The standard InChI is InChI=1S/C20H34N4O4S/c1-17(2)27-14-15-29(25,26)24-12-10-23(11-13-24)20(21-4)22-16-18(3)28-19-8-6-5-7-9-19/h5-9,17-18H,10-16H2,1-4H3,(H,21,22). The van der Waals surface area contributed by atoms with Crippen molar-refractivity contribution >= 4 is 16.0 Å². The number of aliphatic imine (C=N–C) groups is 1. The second kappa shape index (κ2) is 11.4. The van der Waals surface area contributed by atoms with Gasteiger partial charge >= 0.3 is 0 Å². The Labute approximate surface area is 174 Å². The first kappa shape index (κ1) is 23.4. The molecule has 1 saturated heterocycles. The predicted molar refractivity (Wildman–Crippen MR) is 116 cm³/mol. The van der Waals surface area contributed by atoms with Gasteiger partial charge in [0, 0.05) is 33.2 Å². The van der Waals surface area contributed by atoms with Gasteiger partial charge in [-0.25, -0.2) is 8.42 Å². The molecule has 1 aliphatic rings. The fraction of sp³-hybridized carbons (Fsp3) is 0.650. The Hall–Kier alpha value is -1.84. The molecule has 2 rings (SSSR count). The van der Waals surface area contributed by atoms with Gasteiger partial charge in [-0.3, -0.25) is 4.99 Å². The fourth-order valence-corrected chi connectivity index (χ4v) is 4.32. The number of sulfonamides is 1. The lowest BCUT2D eigenvalue weighted by atomic mass is 10.3. The van der Waals surface area contributed by atoms with Gasteiger partial charge in [-0.2, -0.15) is 4.31 Å². The summed E-state index contributed by atoms with van der Waals surface area (Å²) in [7, 11) is -1.56. The fourth-order valence-electron chi connectivity index (χ4n) is 3.04. The van der Waals surface area contributed by atoms with Crippen LogP contribution in [0.3, 0.4) is 0 Å². The summed E-state index contributed by atoms with van der Waals surface area (Å²) in [6.07, 6.45) is 0.00137. The highest BCUT2D eigenvalue weighted by molar-refractivity contribution is 7.89. The van der Waals surface area contributed by atoms with Crippen LogP contribution in [-0.4, -0.2) is 87.9 Å². The van der Waals surface area contributed by atoms with Crippen molar-refractivity contribution in [2.45, 2.75) is 33.0 Å². The van der Waals surface area contributed by atoms with Crippen LogP contribution in [0.15, 0.2) is 35.3 Å². The summed E-state index contributed by atoms with van der Waals surface area (Å²) in [6, 6.07) is 9.69. The molecule has 9 heteroatoms. The van der Waals surface area contributed by atoms with Crippen molar-refractivity contribution < 1.29 is 17.9 Å². The van der Waals surface area contributed by atoms with Crippen molar-refractivity contribution in [3.63, 3.8) is 0 Å². The zero-order valence-corrected chi connectivity index (χ0v) is 18.7. The van der Waals surface area contributed by atoms with E-state index in [0.717, 1.165) is 11.7 Å². The quantitative estimate of drug-likeness (QED) is 0.475. The minimum Gasteiger partial charge on any atom is -0.489 e. The molecule has 1 aliphatic heterocycles. The van der Waals surface area contributed by atoms with E-state index in [2.05, 4.69) is 15.2 Å². The number of benzene rings is 1. The van der Waals surface area contributed by atoms with E-state index in [0.29, 0.717) is 32.7 Å². The molecule has 0 saturated carbocycles. The number of hydrogen-bond acceptors (Lipinski definition) is 5. The molecule has 0 radical (unpaired) electrons. The maximum absolute atomic E-state index is 12.5. The van der Waals surface area contributed by atoms with Gasteiger partial charge in [-0.15, -0.1) is 0 Å². The second-order valence-electron chi connectivity index (χ2n) is 7.29. The Kier molecular flexibility index (Phi) is 9.19. The third kappa shape index (κ3) is 7.83. The van der Waals surface area contributed by atoms with E-state index in [1.807, 2.05) is 51.1 Å². The van der Waals surface area contributed by atoms with Crippen molar-refractivity contribution in [1.82, 2.24) is 14.5 Å². The van der Waals surface area contributed by atoms with Crippen LogP contribution in [0.4, 0.5) is 0 Å². The van der Waals surface area contributed by atoms with Gasteiger partial charge in [-0.05, 0) is 32.9 Å². The lowest BCUT2D eigenvalue weighted by Crippen LogP contribution is -2.55. The van der Waals surface area contributed by atoms with Gasteiger partial charge in [0.15, 0.2) is 5.96 Å². The van der Waals surface area contributed by atoms with E-state index in [1.165, 1.54) is 0 Å². The first-order valence-corrected chi connectivity index (χ1v) is 11.7. The number of rotatable bonds is 9. The summed E-state index contributed by atoms with van der Waals surface area (Å²) >= 11 is 0. The summed E-state index contributed by atoms with van der Waals surface area (Å²) in [5.74, 6) is 1.61. The van der Waals surface area contributed by atoms with Crippen LogP contribution >= 0.6 is 0 Å². The van der Waals surface area contributed by atoms with Crippen molar-refractivity contribution in [3.8, 4) is 5.75 Å². The number of piperazine rings is 1. The van der Waals surface area contributed by atoms with Crippen molar-refractivity contribution in [3.05, 3.63) is 30.3 Å². The van der Waals surface area contributed by atoms with E-state index in [-0.39, 0.29) is 24.6 Å². The van der Waals surface area contributed by atoms with Crippen LogP contribution in [0.2, 0.25) is 0 Å². The topological polar surface area (TPSA) is 83.5 Å². The lowest BCUT2D eigenvalue weighted by Gasteiger charge is -2.36. The lowest BCUT2D eigenvalue weighted by molar-refractivity contribution is 0.0904. The van der Waals surface area contributed by atoms with Crippen LogP contribution in [0.1, 0.15) is 20.8 Å². The van der Waals surface area contributed by atoms with Crippen LogP contribution in [0.25, 0.3) is 0 Å². The minimum absolute atomic E-state index is 0.0203. The highest BCUT2D eigenvalue weighted by atomic mass is 32.2. The molecule has 1 fully saturated rings. The van der Waals surface area contributed by atoms with Gasteiger partial charge in [0.25, 0.3) is 0 Å². The molecule has 0 bridgehead atoms. The summed E-state index contributed by atoms with van der Waals surface area (Å²) < 4.78 is 37.7. The molecule has 1 aromatic rings. The van der Waals surface area contributed by atoms with Crippen LogP contribution in [0.5, 0.6) is 5.75 Å². The Morgan fingerprint density at radius 3 is 2.38 bits per heavy atom. The summed E-state index contributed by atoms with van der Waals surface area (Å²) in [5, 5.41) is 3.32. The molecule has 1 aromatic carbocycles. The monoisotopic (exact) mass is 426 g/mol. The molecular weight excluding hydrogens is 392 g/mol. The molecule has 0 aliphatic carbocycles. The van der Waals surface area contributed by atoms with Crippen molar-refractivity contribution in [1.29, 1.82) is 0 Å². The Morgan fingerprint density at radius 1 is 1.14 bits per heavy atom. The highest BCUT2D eigenvalue weighted by Crippen LogP contribution is 2.11. The van der Waals surface area contributed by atoms with Gasteiger partial charge < -0.3 is 19.7 Å². The minimum atomic E-state index is -3.29. The van der Waals surface area contributed by atoms with Crippen LogP contribution < -0.4 is 10.1 Å². The Bertz CT molecular complexity index is 732. The SMILES string of the molecule is CN=C(NCC(C)Oc1ccccc1)N1CCN(S(=O)(=O)CCOC(C)C)CC1. The van der Waals surface area contributed by atoms with Gasteiger partial charge in [0.2, 0.25) is 10.0 Å². The smallest absolute Gasteiger partial charge is 0.216 e. The third-order valence-electron chi connectivity index (χ3n) is 4.56. The van der Waals surface area contributed by atoms with Crippen LogP contribution in [-0.2, 0) is 14.8 Å². The van der Waals surface area contributed by atoms with Crippen LogP contribution in [0, 0.1) is 0 Å². The Morgan fingerprint density at radius 2 is 1.79 bits per heavy atom. The molecule has 1 heterocycles. The van der Waals surface area contributed by atoms with Crippen molar-refractivity contribution in [2.75, 3.05) is 52.1 Å². The molecule has 8 nitrogen and oxygen atoms in total. The van der Waals surface area contributed by atoms with Gasteiger partial charge in [0.1, 0.15) is 11.9 Å². The molecule has 0 aromatic heterocycles. The summed E-state index contributed by atoms with van der Waals surface area (Å²) in [6.45, 7) is 8.70. The molecule has 0 amide bonds. The number of hydrogen-bond donors (Lipinski definition) is 1. The number of para-hydroxylation sites is 1. The van der Waals surface area contributed by atoms with E-state index in [1.54, 1.807) is 11.4 Å². The third-order valence-corrected chi connectivity index (χ3v) is 6.40. The maximum Gasteiger partial charge on any atom is 0.216 e. The summed E-state index contributed by atoms with van der Waals surface area (Å²) in [5.41, 5.74) is 0. The van der Waals surface area contributed by atoms with Gasteiger partial charge in [0.05, 0.1) is 25.0 Å². The Balaban J connectivity index is 1.77. The first-order valence-electron chi connectivity index (χ1n) is 10.1. The summed E-state index contributed by atoms with van der Waals surface area (Å²) in [4.78, 5) is 6.41. The van der Waals surface area contributed by atoms with E-state index >= 15 is 0 Å². The number of nitrogens with zero attached hydrogens (tertiary/aromatic N) is 3.